The number of aromatic hydroxyl groups is 2. The van der Waals surface area contributed by atoms with E-state index in [4.69, 9.17) is 14.2 Å². The monoisotopic (exact) mass is 456 g/mol. The number of benzene rings is 2. The van der Waals surface area contributed by atoms with E-state index in [2.05, 4.69) is 6.92 Å². The summed E-state index contributed by atoms with van der Waals surface area (Å²) in [5.74, 6) is 0.218. The molecule has 0 saturated carbocycles. The number of hydrogen-bond acceptors (Lipinski definition) is 6. The number of phenolic OH excluding ortho intramolecular Hbond substituents is 2. The number of carbonyl (C=O) groups is 1. The normalized spacial score (nSPS) is 11.0. The maximum atomic E-state index is 12.9. The summed E-state index contributed by atoms with van der Waals surface area (Å²) < 4.78 is 16.1. The van der Waals surface area contributed by atoms with Crippen LogP contribution in [0.3, 0.4) is 0 Å². The molecule has 2 N–H and O–H groups in total. The van der Waals surface area contributed by atoms with Crippen LogP contribution in [0.2, 0.25) is 0 Å². The van der Waals surface area contributed by atoms with Gasteiger partial charge in [-0.15, -0.1) is 0 Å². The Kier molecular flexibility index (Phi) is 11.1. The van der Waals surface area contributed by atoms with Gasteiger partial charge in [0.1, 0.15) is 17.1 Å². The van der Waals surface area contributed by atoms with Gasteiger partial charge in [-0.3, -0.25) is 4.79 Å². The molecular formula is C27H36O6. The summed E-state index contributed by atoms with van der Waals surface area (Å²) in [4.78, 5) is 12.9. The zero-order valence-electron chi connectivity index (χ0n) is 19.9. The molecule has 0 aliphatic heterocycles. The Morgan fingerprint density at radius 2 is 1.48 bits per heavy atom. The average Bonchev–Trinajstić information content (AvgIpc) is 2.82. The van der Waals surface area contributed by atoms with Gasteiger partial charge in [-0.1, -0.05) is 64.0 Å². The van der Waals surface area contributed by atoms with Gasteiger partial charge < -0.3 is 24.4 Å². The van der Waals surface area contributed by atoms with Crippen LogP contribution in [0, 0.1) is 0 Å². The largest absolute Gasteiger partial charge is 0.507 e. The molecule has 2 rings (SSSR count). The highest BCUT2D eigenvalue weighted by Gasteiger charge is 2.16. The van der Waals surface area contributed by atoms with Crippen molar-refractivity contribution in [3.63, 3.8) is 0 Å². The molecule has 2 aromatic rings. The fourth-order valence-electron chi connectivity index (χ4n) is 3.57. The molecule has 33 heavy (non-hydrogen) atoms. The predicted molar refractivity (Wildman–Crippen MR) is 131 cm³/mol. The summed E-state index contributed by atoms with van der Waals surface area (Å²) in [5.41, 5.74) is 0.734. The average molecular weight is 457 g/mol. The number of carbonyl (C=O) groups excluding carboxylic acids is 1. The van der Waals surface area contributed by atoms with Gasteiger partial charge in [-0.25, -0.2) is 0 Å². The van der Waals surface area contributed by atoms with Gasteiger partial charge in [0, 0.05) is 0 Å². The molecule has 0 fully saturated rings. The highest BCUT2D eigenvalue weighted by Crippen LogP contribution is 2.37. The fraction of sp³-hybridized carbons (Fsp3) is 0.444. The van der Waals surface area contributed by atoms with Gasteiger partial charge in [0.15, 0.2) is 17.3 Å². The van der Waals surface area contributed by atoms with Crippen LogP contribution >= 0.6 is 0 Å². The first-order chi connectivity index (χ1) is 16.0. The highest BCUT2D eigenvalue weighted by molar-refractivity contribution is 6.10. The van der Waals surface area contributed by atoms with E-state index in [-0.39, 0.29) is 34.3 Å². The van der Waals surface area contributed by atoms with Gasteiger partial charge in [-0.05, 0) is 42.3 Å². The van der Waals surface area contributed by atoms with Crippen LogP contribution in [-0.4, -0.2) is 36.8 Å². The molecule has 0 amide bonds. The van der Waals surface area contributed by atoms with E-state index in [0.717, 1.165) is 12.8 Å². The Bertz CT molecular complexity index is 894. The van der Waals surface area contributed by atoms with Crippen molar-refractivity contribution < 1.29 is 29.2 Å². The molecule has 0 aliphatic carbocycles. The van der Waals surface area contributed by atoms with Gasteiger partial charge in [0.25, 0.3) is 0 Å². The lowest BCUT2D eigenvalue weighted by atomic mass is 10.1. The third-order valence-corrected chi connectivity index (χ3v) is 5.44. The molecule has 0 radical (unpaired) electrons. The van der Waals surface area contributed by atoms with Crippen molar-refractivity contribution in [1.29, 1.82) is 0 Å². The zero-order chi connectivity index (χ0) is 24.1. The summed E-state index contributed by atoms with van der Waals surface area (Å²) in [6.45, 7) is 2.71. The van der Waals surface area contributed by atoms with Gasteiger partial charge in [0.2, 0.25) is 5.75 Å². The Balaban J connectivity index is 1.99. The zero-order valence-corrected chi connectivity index (χ0v) is 19.9. The second kappa shape index (κ2) is 14.1. The van der Waals surface area contributed by atoms with Crippen LogP contribution in [-0.2, 0) is 0 Å². The van der Waals surface area contributed by atoms with Crippen molar-refractivity contribution in [2.24, 2.45) is 0 Å². The van der Waals surface area contributed by atoms with Crippen molar-refractivity contribution in [3.05, 3.63) is 47.5 Å². The van der Waals surface area contributed by atoms with Crippen molar-refractivity contribution >= 4 is 11.9 Å². The van der Waals surface area contributed by atoms with Crippen LogP contribution in [0.1, 0.15) is 74.2 Å². The van der Waals surface area contributed by atoms with Crippen LogP contribution in [0.5, 0.6) is 28.7 Å². The van der Waals surface area contributed by atoms with Crippen molar-refractivity contribution in [2.75, 3.05) is 20.8 Å². The first kappa shape index (κ1) is 26.1. The van der Waals surface area contributed by atoms with Gasteiger partial charge >= 0.3 is 0 Å². The van der Waals surface area contributed by atoms with Crippen LogP contribution < -0.4 is 14.2 Å². The molecule has 6 nitrogen and oxygen atoms in total. The van der Waals surface area contributed by atoms with Crippen molar-refractivity contribution in [3.8, 4) is 28.7 Å². The molecular weight excluding hydrogens is 420 g/mol. The number of ketones is 1. The SMILES string of the molecule is CCCCCCCCCCOc1cccc(O)c1C(=O)/C=C/c1cc(OC)c(O)c(OC)c1. The summed E-state index contributed by atoms with van der Waals surface area (Å²) in [6, 6.07) is 8.00. The first-order valence-electron chi connectivity index (χ1n) is 11.6. The number of methoxy groups -OCH3 is 2. The van der Waals surface area contributed by atoms with Crippen molar-refractivity contribution in [2.45, 2.75) is 58.3 Å². The molecule has 6 heteroatoms. The molecule has 2 aromatic carbocycles. The highest BCUT2D eigenvalue weighted by atomic mass is 16.5. The van der Waals surface area contributed by atoms with Crippen molar-refractivity contribution in [1.82, 2.24) is 0 Å². The smallest absolute Gasteiger partial charge is 0.200 e. The Morgan fingerprint density at radius 3 is 2.09 bits per heavy atom. The molecule has 0 atom stereocenters. The lowest BCUT2D eigenvalue weighted by Gasteiger charge is -2.11. The van der Waals surface area contributed by atoms with E-state index in [9.17, 15) is 15.0 Å². The van der Waals surface area contributed by atoms with E-state index < -0.39 is 0 Å². The van der Waals surface area contributed by atoms with Crippen LogP contribution in [0.4, 0.5) is 0 Å². The first-order valence-corrected chi connectivity index (χ1v) is 11.6. The minimum atomic E-state index is -0.384. The standard InChI is InChI=1S/C27H36O6/c1-4-5-6-7-8-9-10-11-17-33-23-14-12-13-21(28)26(23)22(29)16-15-20-18-24(31-2)27(30)25(19-20)32-3/h12-16,18-19,28,30H,4-11,17H2,1-3H3/b16-15+. The maximum Gasteiger partial charge on any atom is 0.200 e. The quantitative estimate of drug-likeness (QED) is 0.180. The number of unbranched alkanes of at least 4 members (excludes halogenated alkanes) is 7. The molecule has 0 aromatic heterocycles. The molecule has 180 valence electrons. The second-order valence-corrected chi connectivity index (χ2v) is 7.95. The molecule has 0 heterocycles. The minimum absolute atomic E-state index is 0.110. The third-order valence-electron chi connectivity index (χ3n) is 5.44. The second-order valence-electron chi connectivity index (χ2n) is 7.95. The fourth-order valence-corrected chi connectivity index (χ4v) is 3.57. The number of allylic oxidation sites excluding steroid dienone is 1. The summed E-state index contributed by atoms with van der Waals surface area (Å²) >= 11 is 0. The number of rotatable bonds is 15. The number of phenols is 2. The molecule has 0 bridgehead atoms. The molecule has 0 spiro atoms. The topological polar surface area (TPSA) is 85.2 Å². The summed E-state index contributed by atoms with van der Waals surface area (Å²) in [7, 11) is 2.87. The van der Waals surface area contributed by atoms with E-state index in [1.54, 1.807) is 30.3 Å². The summed E-state index contributed by atoms with van der Waals surface area (Å²) in [6.07, 6.45) is 12.5. The Hall–Kier alpha value is -3.15. The maximum absolute atomic E-state index is 12.9. The predicted octanol–water partition coefficient (Wildman–Crippen LogP) is 6.53. The molecule has 0 saturated heterocycles. The third kappa shape index (κ3) is 8.04. The van der Waals surface area contributed by atoms with E-state index in [1.165, 1.54) is 64.9 Å². The minimum Gasteiger partial charge on any atom is -0.507 e. The van der Waals surface area contributed by atoms with E-state index >= 15 is 0 Å². The molecule has 0 aliphatic rings. The molecule has 0 unspecified atom stereocenters. The van der Waals surface area contributed by atoms with Gasteiger partial charge in [0.05, 0.1) is 20.8 Å². The lowest BCUT2D eigenvalue weighted by molar-refractivity contribution is 0.104. The Labute approximate surface area is 196 Å². The van der Waals surface area contributed by atoms with Crippen LogP contribution in [0.25, 0.3) is 6.08 Å². The van der Waals surface area contributed by atoms with E-state index in [0.29, 0.717) is 17.9 Å². The van der Waals surface area contributed by atoms with Gasteiger partial charge in [-0.2, -0.15) is 0 Å². The number of ether oxygens (including phenoxy) is 3. The lowest BCUT2D eigenvalue weighted by Crippen LogP contribution is -2.04. The van der Waals surface area contributed by atoms with E-state index in [1.807, 2.05) is 0 Å². The Morgan fingerprint density at radius 1 is 0.879 bits per heavy atom. The number of hydrogen-bond donors (Lipinski definition) is 2. The van der Waals surface area contributed by atoms with Crippen LogP contribution in [0.15, 0.2) is 36.4 Å². The summed E-state index contributed by atoms with van der Waals surface area (Å²) in [5, 5.41) is 20.3.